The fraction of sp³-hybridized carbons (Fsp3) is 1.00. The van der Waals surface area contributed by atoms with Crippen LogP contribution in [0.1, 0.15) is 58.8 Å². The van der Waals surface area contributed by atoms with Crippen molar-refractivity contribution in [1.29, 1.82) is 0 Å². The fourth-order valence-electron chi connectivity index (χ4n) is 1.91. The van der Waals surface area contributed by atoms with E-state index in [0.717, 1.165) is 19.3 Å². The van der Waals surface area contributed by atoms with Gasteiger partial charge in [0.1, 0.15) is 12.2 Å². The maximum atomic E-state index is 11.0. The van der Waals surface area contributed by atoms with Crippen LogP contribution >= 0.6 is 0 Å². The molecular weight excluding hydrogens is 228 g/mol. The van der Waals surface area contributed by atoms with E-state index in [-0.39, 0.29) is 12.2 Å². The molecule has 0 N–H and O–H groups in total. The summed E-state index contributed by atoms with van der Waals surface area (Å²) in [6.07, 6.45) is 7.34. The molecule has 0 aromatic rings. The van der Waals surface area contributed by atoms with Gasteiger partial charge in [-0.15, -0.1) is 0 Å². The number of hydrogen-bond acceptors (Lipinski definition) is 4. The van der Waals surface area contributed by atoms with E-state index >= 15 is 0 Å². The van der Waals surface area contributed by atoms with Gasteiger partial charge >= 0.3 is 10.4 Å². The average Bonchev–Trinajstić information content (AvgIpc) is 2.45. The smallest absolute Gasteiger partial charge is 0.242 e. The number of unbranched alkanes of at least 4 members (excludes halogenated alkanes) is 5. The molecule has 1 aliphatic rings. The van der Waals surface area contributed by atoms with E-state index < -0.39 is 10.4 Å². The summed E-state index contributed by atoms with van der Waals surface area (Å²) >= 11 is 0. The molecular formula is C11H22O4S. The van der Waals surface area contributed by atoms with Crippen LogP contribution in [0.15, 0.2) is 0 Å². The van der Waals surface area contributed by atoms with Gasteiger partial charge in [-0.2, -0.15) is 8.42 Å². The van der Waals surface area contributed by atoms with Crippen LogP contribution in [-0.2, 0) is 18.8 Å². The third-order valence-corrected chi connectivity index (χ3v) is 3.90. The first-order chi connectivity index (χ1) is 7.55. The normalized spacial score (nSPS) is 28.4. The first-order valence-electron chi connectivity index (χ1n) is 6.16. The molecule has 16 heavy (non-hydrogen) atoms. The second-order valence-electron chi connectivity index (χ2n) is 4.40. The Morgan fingerprint density at radius 1 is 1.00 bits per heavy atom. The molecule has 1 fully saturated rings. The zero-order valence-electron chi connectivity index (χ0n) is 10.1. The van der Waals surface area contributed by atoms with Gasteiger partial charge in [-0.1, -0.05) is 45.4 Å². The molecule has 0 saturated carbocycles. The zero-order valence-corrected chi connectivity index (χ0v) is 11.0. The molecule has 5 heteroatoms. The molecule has 0 bridgehead atoms. The lowest BCUT2D eigenvalue weighted by molar-refractivity contribution is 0.158. The summed E-state index contributed by atoms with van der Waals surface area (Å²) in [7, 11) is -3.70. The SMILES string of the molecule is CCCCCCCC[C@H]1OS(=O)(=O)O[C@@H]1C. The Morgan fingerprint density at radius 2 is 1.62 bits per heavy atom. The van der Waals surface area contributed by atoms with E-state index in [0.29, 0.717) is 0 Å². The predicted molar refractivity (Wildman–Crippen MR) is 62.3 cm³/mol. The van der Waals surface area contributed by atoms with Crippen LogP contribution in [0.4, 0.5) is 0 Å². The maximum Gasteiger partial charge on any atom is 0.400 e. The van der Waals surface area contributed by atoms with E-state index in [2.05, 4.69) is 6.92 Å². The molecule has 1 heterocycles. The summed E-state index contributed by atoms with van der Waals surface area (Å²) in [6.45, 7) is 3.93. The molecule has 1 rings (SSSR count). The van der Waals surface area contributed by atoms with Gasteiger partial charge in [-0.25, -0.2) is 8.37 Å². The van der Waals surface area contributed by atoms with Crippen molar-refractivity contribution in [2.75, 3.05) is 0 Å². The molecule has 0 radical (unpaired) electrons. The van der Waals surface area contributed by atoms with E-state index in [4.69, 9.17) is 8.37 Å². The molecule has 96 valence electrons. The van der Waals surface area contributed by atoms with Crippen molar-refractivity contribution >= 4 is 10.4 Å². The Balaban J connectivity index is 2.10. The van der Waals surface area contributed by atoms with E-state index in [1.165, 1.54) is 25.7 Å². The highest BCUT2D eigenvalue weighted by molar-refractivity contribution is 7.82. The Hall–Kier alpha value is -0.130. The third-order valence-electron chi connectivity index (χ3n) is 2.88. The molecule has 0 aliphatic carbocycles. The third kappa shape index (κ3) is 4.80. The van der Waals surface area contributed by atoms with Gasteiger partial charge in [0.05, 0.1) is 0 Å². The Kier molecular flexibility index (Phi) is 5.72. The standard InChI is InChI=1S/C11H22O4S/c1-3-4-5-6-7-8-9-11-10(2)14-16(12,13)15-11/h10-11H,3-9H2,1-2H3/t10-,11-/m1/s1. The van der Waals surface area contributed by atoms with Gasteiger partial charge in [-0.3, -0.25) is 0 Å². The zero-order chi connectivity index (χ0) is 12.0. The predicted octanol–water partition coefficient (Wildman–Crippen LogP) is 2.79. The largest absolute Gasteiger partial charge is 0.400 e. The monoisotopic (exact) mass is 250 g/mol. The lowest BCUT2D eigenvalue weighted by Gasteiger charge is -2.09. The minimum absolute atomic E-state index is 0.281. The van der Waals surface area contributed by atoms with Crippen molar-refractivity contribution in [3.05, 3.63) is 0 Å². The summed E-state index contributed by atoms with van der Waals surface area (Å²) in [5.74, 6) is 0. The van der Waals surface area contributed by atoms with Crippen molar-refractivity contribution in [2.45, 2.75) is 71.0 Å². The quantitative estimate of drug-likeness (QED) is 0.652. The van der Waals surface area contributed by atoms with Crippen molar-refractivity contribution < 1.29 is 16.8 Å². The van der Waals surface area contributed by atoms with Crippen LogP contribution in [0.3, 0.4) is 0 Å². The molecule has 0 amide bonds. The summed E-state index contributed by atoms with van der Waals surface area (Å²) in [6, 6.07) is 0. The molecule has 1 aliphatic heterocycles. The van der Waals surface area contributed by atoms with Crippen LogP contribution in [0, 0.1) is 0 Å². The van der Waals surface area contributed by atoms with Gasteiger partial charge in [-0.05, 0) is 13.3 Å². The first-order valence-corrected chi connectivity index (χ1v) is 7.50. The maximum absolute atomic E-state index is 11.0. The van der Waals surface area contributed by atoms with Gasteiger partial charge in [0.15, 0.2) is 0 Å². The number of rotatable bonds is 7. The average molecular weight is 250 g/mol. The van der Waals surface area contributed by atoms with Crippen LogP contribution in [0.2, 0.25) is 0 Å². The van der Waals surface area contributed by atoms with E-state index in [9.17, 15) is 8.42 Å². The topological polar surface area (TPSA) is 52.6 Å². The first kappa shape index (κ1) is 13.9. The highest BCUT2D eigenvalue weighted by Crippen LogP contribution is 2.24. The lowest BCUT2D eigenvalue weighted by atomic mass is 10.0. The Bertz CT molecular complexity index is 286. The molecule has 0 aromatic heterocycles. The minimum atomic E-state index is -3.70. The van der Waals surface area contributed by atoms with Crippen LogP contribution in [0.25, 0.3) is 0 Å². The van der Waals surface area contributed by atoms with Crippen molar-refractivity contribution in [2.24, 2.45) is 0 Å². The second kappa shape index (κ2) is 6.57. The fourth-order valence-corrected chi connectivity index (χ4v) is 3.01. The van der Waals surface area contributed by atoms with Gasteiger partial charge in [0.2, 0.25) is 0 Å². The van der Waals surface area contributed by atoms with Crippen LogP contribution < -0.4 is 0 Å². The molecule has 0 aromatic carbocycles. The molecule has 0 spiro atoms. The molecule has 4 nitrogen and oxygen atoms in total. The summed E-state index contributed by atoms with van der Waals surface area (Å²) < 4.78 is 31.5. The minimum Gasteiger partial charge on any atom is -0.242 e. The summed E-state index contributed by atoms with van der Waals surface area (Å²) in [4.78, 5) is 0. The molecule has 2 atom stereocenters. The highest BCUT2D eigenvalue weighted by Gasteiger charge is 2.36. The van der Waals surface area contributed by atoms with Crippen molar-refractivity contribution in [3.63, 3.8) is 0 Å². The van der Waals surface area contributed by atoms with Gasteiger partial charge < -0.3 is 0 Å². The Labute approximate surface area is 98.7 Å². The molecule has 1 saturated heterocycles. The Morgan fingerprint density at radius 3 is 2.19 bits per heavy atom. The van der Waals surface area contributed by atoms with E-state index in [1.807, 2.05) is 0 Å². The highest BCUT2D eigenvalue weighted by atomic mass is 32.3. The second-order valence-corrected chi connectivity index (χ2v) is 5.60. The van der Waals surface area contributed by atoms with Crippen molar-refractivity contribution in [1.82, 2.24) is 0 Å². The summed E-state index contributed by atoms with van der Waals surface area (Å²) in [5, 5.41) is 0. The van der Waals surface area contributed by atoms with Gasteiger partial charge in [0.25, 0.3) is 0 Å². The lowest BCUT2D eigenvalue weighted by Crippen LogP contribution is -2.18. The van der Waals surface area contributed by atoms with Crippen molar-refractivity contribution in [3.8, 4) is 0 Å². The van der Waals surface area contributed by atoms with Crippen LogP contribution in [-0.4, -0.2) is 20.6 Å². The molecule has 0 unspecified atom stereocenters. The van der Waals surface area contributed by atoms with Crippen LogP contribution in [0.5, 0.6) is 0 Å². The summed E-state index contributed by atoms with van der Waals surface area (Å²) in [5.41, 5.74) is 0. The van der Waals surface area contributed by atoms with E-state index in [1.54, 1.807) is 6.92 Å². The number of hydrogen-bond donors (Lipinski definition) is 0. The van der Waals surface area contributed by atoms with Gasteiger partial charge in [0, 0.05) is 0 Å².